The predicted octanol–water partition coefficient (Wildman–Crippen LogP) is 3.31. The highest BCUT2D eigenvalue weighted by Gasteiger charge is 2.33. The number of benzene rings is 1. The second-order valence-electron chi connectivity index (χ2n) is 9.12. The van der Waals surface area contributed by atoms with Gasteiger partial charge in [0, 0.05) is 25.2 Å². The molecule has 0 atom stereocenters. The van der Waals surface area contributed by atoms with Gasteiger partial charge in [0.05, 0.1) is 12.2 Å². The minimum Gasteiger partial charge on any atom is -0.335 e. The summed E-state index contributed by atoms with van der Waals surface area (Å²) >= 11 is 0. The van der Waals surface area contributed by atoms with E-state index in [9.17, 15) is 9.18 Å². The van der Waals surface area contributed by atoms with Crippen molar-refractivity contribution >= 4 is 5.91 Å². The number of carbonyl (C=O) groups excluding carboxylic acids is 1. The Kier molecular flexibility index (Phi) is 5.59. The van der Waals surface area contributed by atoms with E-state index in [1.165, 1.54) is 29.7 Å². The summed E-state index contributed by atoms with van der Waals surface area (Å²) in [4.78, 5) is 17.8. The first kappa shape index (κ1) is 19.7. The molecule has 1 fully saturated rings. The van der Waals surface area contributed by atoms with Crippen LogP contribution in [0.15, 0.2) is 24.3 Å². The molecular formula is C24H31FN4O. The highest BCUT2D eigenvalue weighted by Crippen LogP contribution is 2.28. The van der Waals surface area contributed by atoms with Crippen LogP contribution < -0.4 is 0 Å². The van der Waals surface area contributed by atoms with Crippen LogP contribution >= 0.6 is 0 Å². The van der Waals surface area contributed by atoms with Gasteiger partial charge in [-0.25, -0.2) is 4.39 Å². The molecule has 0 saturated carbocycles. The Hall–Kier alpha value is -2.21. The molecule has 1 aromatic carbocycles. The number of aromatic nitrogens is 2. The number of hydrogen-bond acceptors (Lipinski definition) is 3. The molecule has 0 unspecified atom stereocenters. The van der Waals surface area contributed by atoms with Crippen molar-refractivity contribution in [2.45, 2.75) is 51.5 Å². The molecule has 3 heterocycles. The van der Waals surface area contributed by atoms with Gasteiger partial charge < -0.3 is 9.80 Å². The van der Waals surface area contributed by atoms with E-state index >= 15 is 0 Å². The third kappa shape index (κ3) is 4.02. The van der Waals surface area contributed by atoms with E-state index in [4.69, 9.17) is 5.10 Å². The van der Waals surface area contributed by atoms with Crippen LogP contribution in [0.25, 0.3) is 0 Å². The van der Waals surface area contributed by atoms with Crippen LogP contribution in [0.3, 0.4) is 0 Å². The van der Waals surface area contributed by atoms with Crippen molar-refractivity contribution in [3.8, 4) is 0 Å². The van der Waals surface area contributed by atoms with E-state index in [2.05, 4.69) is 9.80 Å². The summed E-state index contributed by atoms with van der Waals surface area (Å²) in [5.74, 6) is 0.618. The molecule has 0 radical (unpaired) electrons. The van der Waals surface area contributed by atoms with Gasteiger partial charge in [0.25, 0.3) is 5.91 Å². The maximum Gasteiger partial charge on any atom is 0.272 e. The predicted molar refractivity (Wildman–Crippen MR) is 114 cm³/mol. The van der Waals surface area contributed by atoms with E-state index in [-0.39, 0.29) is 11.7 Å². The van der Waals surface area contributed by atoms with Crippen LogP contribution in [0.5, 0.6) is 0 Å². The molecule has 1 aromatic heterocycles. The van der Waals surface area contributed by atoms with Crippen molar-refractivity contribution < 1.29 is 9.18 Å². The van der Waals surface area contributed by atoms with Crippen molar-refractivity contribution in [3.63, 3.8) is 0 Å². The fourth-order valence-electron chi connectivity index (χ4n) is 5.29. The monoisotopic (exact) mass is 410 g/mol. The summed E-state index contributed by atoms with van der Waals surface area (Å²) in [5.41, 5.74) is 4.47. The summed E-state index contributed by atoms with van der Waals surface area (Å²) in [5, 5.41) is 4.72. The lowest BCUT2D eigenvalue weighted by Crippen LogP contribution is -2.45. The average molecular weight is 411 g/mol. The quantitative estimate of drug-likeness (QED) is 0.759. The van der Waals surface area contributed by atoms with Gasteiger partial charge >= 0.3 is 0 Å². The molecule has 5 nitrogen and oxygen atoms in total. The molecule has 160 valence electrons. The molecular weight excluding hydrogens is 379 g/mol. The van der Waals surface area contributed by atoms with Gasteiger partial charge in [-0.05, 0) is 81.6 Å². The standard InChI is InChI=1S/C24H31FN4O/c25-20-7-5-18(6-8-20)9-12-27-13-10-19(11-14-27)17-28-15-16-29-23(24(28)30)21-3-1-2-4-22(21)26-29/h5-8,19H,1-4,9-17H2. The van der Waals surface area contributed by atoms with Gasteiger partial charge in [-0.3, -0.25) is 9.48 Å². The lowest BCUT2D eigenvalue weighted by Gasteiger charge is -2.36. The van der Waals surface area contributed by atoms with Crippen LogP contribution in [-0.4, -0.2) is 58.2 Å². The topological polar surface area (TPSA) is 41.4 Å². The summed E-state index contributed by atoms with van der Waals surface area (Å²) in [6, 6.07) is 6.85. The van der Waals surface area contributed by atoms with Gasteiger partial charge in [0.2, 0.25) is 0 Å². The number of nitrogens with zero attached hydrogens (tertiary/aromatic N) is 4. The maximum atomic E-state index is 13.2. The lowest BCUT2D eigenvalue weighted by molar-refractivity contribution is 0.0626. The molecule has 30 heavy (non-hydrogen) atoms. The number of carbonyl (C=O) groups is 1. The fourth-order valence-corrected chi connectivity index (χ4v) is 5.29. The minimum absolute atomic E-state index is 0.171. The van der Waals surface area contributed by atoms with Gasteiger partial charge in [-0.1, -0.05) is 12.1 Å². The van der Waals surface area contributed by atoms with Gasteiger partial charge in [0.15, 0.2) is 0 Å². The van der Waals surface area contributed by atoms with Crippen molar-refractivity contribution in [1.29, 1.82) is 0 Å². The van der Waals surface area contributed by atoms with E-state index in [0.717, 1.165) is 77.1 Å². The number of fused-ring (bicyclic) bond motifs is 3. The number of piperidine rings is 1. The van der Waals surface area contributed by atoms with Crippen molar-refractivity contribution in [2.75, 3.05) is 32.7 Å². The number of aryl methyl sites for hydroxylation is 1. The molecule has 0 N–H and O–H groups in total. The van der Waals surface area contributed by atoms with Gasteiger partial charge in [-0.2, -0.15) is 5.10 Å². The molecule has 1 amide bonds. The molecule has 6 heteroatoms. The van der Waals surface area contributed by atoms with E-state index < -0.39 is 0 Å². The van der Waals surface area contributed by atoms with Crippen LogP contribution in [0.1, 0.15) is 53.0 Å². The Labute approximate surface area is 177 Å². The average Bonchev–Trinajstić information content (AvgIpc) is 3.16. The Morgan fingerprint density at radius 1 is 1.00 bits per heavy atom. The third-order valence-electron chi connectivity index (χ3n) is 7.11. The normalized spacial score (nSPS) is 20.3. The van der Waals surface area contributed by atoms with Crippen LogP contribution in [0, 0.1) is 11.7 Å². The first-order valence-electron chi connectivity index (χ1n) is 11.5. The van der Waals surface area contributed by atoms with Crippen LogP contribution in [-0.2, 0) is 25.8 Å². The number of amides is 1. The van der Waals surface area contributed by atoms with E-state index in [1.807, 2.05) is 16.8 Å². The number of halogens is 1. The number of likely N-dealkylation sites (tertiary alicyclic amines) is 1. The third-order valence-corrected chi connectivity index (χ3v) is 7.11. The summed E-state index contributed by atoms with van der Waals surface area (Å²) in [6.45, 7) is 5.70. The zero-order valence-corrected chi connectivity index (χ0v) is 17.7. The molecule has 1 aliphatic carbocycles. The number of hydrogen-bond donors (Lipinski definition) is 0. The number of rotatable bonds is 5. The lowest BCUT2D eigenvalue weighted by atomic mass is 9.93. The summed E-state index contributed by atoms with van der Waals surface area (Å²) in [6.07, 6.45) is 7.66. The second kappa shape index (κ2) is 8.50. The second-order valence-corrected chi connectivity index (χ2v) is 9.12. The molecule has 2 aliphatic heterocycles. The van der Waals surface area contributed by atoms with Crippen LogP contribution in [0.2, 0.25) is 0 Å². The summed E-state index contributed by atoms with van der Waals surface area (Å²) in [7, 11) is 0. The SMILES string of the molecule is O=C1c2c3c(nn2CCN1CC1CCN(CCc2ccc(F)cc2)CC1)CCCC3. The largest absolute Gasteiger partial charge is 0.335 e. The van der Waals surface area contributed by atoms with Crippen molar-refractivity contribution in [1.82, 2.24) is 19.6 Å². The molecule has 1 saturated heterocycles. The first-order chi connectivity index (χ1) is 14.7. The summed E-state index contributed by atoms with van der Waals surface area (Å²) < 4.78 is 15.0. The molecule has 0 spiro atoms. The zero-order chi connectivity index (χ0) is 20.5. The van der Waals surface area contributed by atoms with E-state index in [1.54, 1.807) is 12.1 Å². The maximum absolute atomic E-state index is 13.2. The Balaban J connectivity index is 1.13. The molecule has 3 aliphatic rings. The van der Waals surface area contributed by atoms with Gasteiger partial charge in [0.1, 0.15) is 11.5 Å². The Morgan fingerprint density at radius 2 is 1.77 bits per heavy atom. The highest BCUT2D eigenvalue weighted by atomic mass is 19.1. The van der Waals surface area contributed by atoms with Crippen LogP contribution in [0.4, 0.5) is 4.39 Å². The van der Waals surface area contributed by atoms with Crippen molar-refractivity contribution in [3.05, 3.63) is 52.6 Å². The highest BCUT2D eigenvalue weighted by molar-refractivity contribution is 5.95. The smallest absolute Gasteiger partial charge is 0.272 e. The Morgan fingerprint density at radius 3 is 2.57 bits per heavy atom. The fraction of sp³-hybridized carbons (Fsp3) is 0.583. The Bertz CT molecular complexity index is 899. The van der Waals surface area contributed by atoms with E-state index in [0.29, 0.717) is 5.92 Å². The molecule has 2 aromatic rings. The minimum atomic E-state index is -0.171. The zero-order valence-electron chi connectivity index (χ0n) is 17.7. The molecule has 0 bridgehead atoms. The first-order valence-corrected chi connectivity index (χ1v) is 11.5. The molecule has 5 rings (SSSR count). The van der Waals surface area contributed by atoms with Gasteiger partial charge in [-0.15, -0.1) is 0 Å². The van der Waals surface area contributed by atoms with Crippen molar-refractivity contribution in [2.24, 2.45) is 5.92 Å².